The number of aromatic carboxylic acids is 1. The molecule has 7 nitrogen and oxygen atoms in total. The Balaban J connectivity index is 1.68. The Kier molecular flexibility index (Phi) is 4.95. The second kappa shape index (κ2) is 7.31. The number of benzene rings is 1. The molecule has 2 heterocycles. The Bertz CT molecular complexity index is 821. The smallest absolute Gasteiger partial charge is 0.339 e. The fourth-order valence-electron chi connectivity index (χ4n) is 2.66. The van der Waals surface area contributed by atoms with Crippen LogP contribution in [-0.2, 0) is 4.74 Å². The van der Waals surface area contributed by atoms with Crippen LogP contribution in [0.25, 0.3) is 5.69 Å². The molecular weight excluding hydrogens is 322 g/mol. The molecule has 0 radical (unpaired) electrons. The van der Waals surface area contributed by atoms with Crippen LogP contribution in [0, 0.1) is 6.92 Å². The lowest BCUT2D eigenvalue weighted by atomic mass is 10.1. The van der Waals surface area contributed by atoms with Crippen molar-refractivity contribution in [1.82, 2.24) is 15.1 Å². The van der Waals surface area contributed by atoms with E-state index in [0.29, 0.717) is 30.1 Å². The SMILES string of the molecule is Cc1c(C(=O)O)cnn1-c1ccc(C(=O)NCC2=CCCOC2)cc1. The van der Waals surface area contributed by atoms with Gasteiger partial charge in [-0.2, -0.15) is 5.10 Å². The van der Waals surface area contributed by atoms with Gasteiger partial charge in [0.05, 0.1) is 30.8 Å². The number of carboxylic acids is 1. The maximum Gasteiger partial charge on any atom is 0.339 e. The van der Waals surface area contributed by atoms with Gasteiger partial charge in [-0.25, -0.2) is 9.48 Å². The number of rotatable bonds is 5. The summed E-state index contributed by atoms with van der Waals surface area (Å²) >= 11 is 0. The van der Waals surface area contributed by atoms with Crippen LogP contribution in [0.2, 0.25) is 0 Å². The first kappa shape index (κ1) is 16.9. The van der Waals surface area contributed by atoms with Crippen molar-refractivity contribution in [3.05, 3.63) is 58.9 Å². The van der Waals surface area contributed by atoms with E-state index in [1.54, 1.807) is 31.2 Å². The number of carbonyl (C=O) groups is 2. The minimum atomic E-state index is -1.01. The number of nitrogens with one attached hydrogen (secondary N) is 1. The van der Waals surface area contributed by atoms with Gasteiger partial charge in [0, 0.05) is 12.1 Å². The van der Waals surface area contributed by atoms with E-state index in [0.717, 1.165) is 18.6 Å². The Morgan fingerprint density at radius 1 is 1.32 bits per heavy atom. The molecule has 0 spiro atoms. The topological polar surface area (TPSA) is 93.5 Å². The molecule has 0 bridgehead atoms. The van der Waals surface area contributed by atoms with Gasteiger partial charge < -0.3 is 15.2 Å². The van der Waals surface area contributed by atoms with Crippen LogP contribution < -0.4 is 5.32 Å². The molecule has 1 aromatic carbocycles. The molecule has 0 aliphatic carbocycles. The van der Waals surface area contributed by atoms with Gasteiger partial charge in [0.1, 0.15) is 5.56 Å². The van der Waals surface area contributed by atoms with E-state index in [1.165, 1.54) is 10.9 Å². The second-order valence-corrected chi connectivity index (χ2v) is 5.79. The third-order valence-electron chi connectivity index (χ3n) is 4.07. The van der Waals surface area contributed by atoms with Crippen molar-refractivity contribution in [3.63, 3.8) is 0 Å². The van der Waals surface area contributed by atoms with Crippen molar-refractivity contribution in [2.75, 3.05) is 19.8 Å². The predicted molar refractivity (Wildman–Crippen MR) is 91.1 cm³/mol. The van der Waals surface area contributed by atoms with Crippen molar-refractivity contribution in [1.29, 1.82) is 0 Å². The minimum Gasteiger partial charge on any atom is -0.478 e. The molecule has 0 unspecified atom stereocenters. The molecule has 1 aliphatic rings. The zero-order valence-electron chi connectivity index (χ0n) is 13.9. The van der Waals surface area contributed by atoms with Crippen molar-refractivity contribution >= 4 is 11.9 Å². The Hall–Kier alpha value is -2.93. The highest BCUT2D eigenvalue weighted by Gasteiger charge is 2.14. The van der Waals surface area contributed by atoms with E-state index < -0.39 is 5.97 Å². The van der Waals surface area contributed by atoms with Crippen LogP contribution >= 0.6 is 0 Å². The molecule has 0 saturated carbocycles. The molecule has 2 aromatic rings. The van der Waals surface area contributed by atoms with Gasteiger partial charge in [-0.1, -0.05) is 6.08 Å². The lowest BCUT2D eigenvalue weighted by Crippen LogP contribution is -2.27. The molecule has 1 aliphatic heterocycles. The zero-order chi connectivity index (χ0) is 17.8. The fourth-order valence-corrected chi connectivity index (χ4v) is 2.66. The summed E-state index contributed by atoms with van der Waals surface area (Å²) in [5.74, 6) is -1.18. The monoisotopic (exact) mass is 341 g/mol. The standard InChI is InChI=1S/C18H19N3O4/c1-12-16(18(23)24)10-20-21(12)15-6-4-14(5-7-15)17(22)19-9-13-3-2-8-25-11-13/h3-7,10H,2,8-9,11H2,1H3,(H,19,22)(H,23,24). The van der Waals surface area contributed by atoms with E-state index in [-0.39, 0.29) is 11.5 Å². The van der Waals surface area contributed by atoms with Crippen molar-refractivity contribution in [2.24, 2.45) is 0 Å². The van der Waals surface area contributed by atoms with Crippen LogP contribution in [0.1, 0.15) is 32.8 Å². The van der Waals surface area contributed by atoms with Crippen LogP contribution in [-0.4, -0.2) is 46.5 Å². The van der Waals surface area contributed by atoms with Crippen LogP contribution in [0.15, 0.2) is 42.1 Å². The zero-order valence-corrected chi connectivity index (χ0v) is 13.9. The molecule has 25 heavy (non-hydrogen) atoms. The minimum absolute atomic E-state index is 0.157. The van der Waals surface area contributed by atoms with Crippen molar-refractivity contribution in [3.8, 4) is 5.69 Å². The molecule has 3 rings (SSSR count). The third kappa shape index (κ3) is 3.77. The maximum absolute atomic E-state index is 12.2. The number of amides is 1. The lowest BCUT2D eigenvalue weighted by molar-refractivity contribution is 0.0695. The number of aromatic nitrogens is 2. The van der Waals surface area contributed by atoms with Crippen LogP contribution in [0.4, 0.5) is 0 Å². The molecule has 1 aromatic heterocycles. The summed E-state index contributed by atoms with van der Waals surface area (Å²) in [7, 11) is 0. The molecular formula is C18H19N3O4. The van der Waals surface area contributed by atoms with E-state index in [1.807, 2.05) is 0 Å². The number of hydrogen-bond donors (Lipinski definition) is 2. The van der Waals surface area contributed by atoms with E-state index in [4.69, 9.17) is 9.84 Å². The van der Waals surface area contributed by atoms with Gasteiger partial charge in [-0.3, -0.25) is 4.79 Å². The molecule has 7 heteroatoms. The number of carbonyl (C=O) groups excluding carboxylic acids is 1. The maximum atomic E-state index is 12.2. The molecule has 0 saturated heterocycles. The summed E-state index contributed by atoms with van der Waals surface area (Å²) in [4.78, 5) is 23.3. The van der Waals surface area contributed by atoms with E-state index in [2.05, 4.69) is 16.5 Å². The number of ether oxygens (including phenoxy) is 1. The Labute approximate surface area is 144 Å². The third-order valence-corrected chi connectivity index (χ3v) is 4.07. The summed E-state index contributed by atoms with van der Waals surface area (Å²) in [6.07, 6.45) is 4.28. The molecule has 0 fully saturated rings. The molecule has 2 N–H and O–H groups in total. The van der Waals surface area contributed by atoms with E-state index in [9.17, 15) is 9.59 Å². The van der Waals surface area contributed by atoms with Gasteiger partial charge in [0.25, 0.3) is 5.91 Å². The molecule has 130 valence electrons. The van der Waals surface area contributed by atoms with Gasteiger partial charge in [0.15, 0.2) is 0 Å². The van der Waals surface area contributed by atoms with Gasteiger partial charge >= 0.3 is 5.97 Å². The summed E-state index contributed by atoms with van der Waals surface area (Å²) in [6.45, 7) is 3.46. The lowest BCUT2D eigenvalue weighted by Gasteiger charge is -2.14. The highest BCUT2D eigenvalue weighted by molar-refractivity contribution is 5.94. The quantitative estimate of drug-likeness (QED) is 0.811. The molecule has 1 amide bonds. The highest BCUT2D eigenvalue weighted by Crippen LogP contribution is 2.15. The average molecular weight is 341 g/mol. The predicted octanol–water partition coefficient (Wildman–Crippen LogP) is 1.96. The van der Waals surface area contributed by atoms with Crippen LogP contribution in [0.3, 0.4) is 0 Å². The van der Waals surface area contributed by atoms with Gasteiger partial charge in [0.2, 0.25) is 0 Å². The van der Waals surface area contributed by atoms with Crippen molar-refractivity contribution < 1.29 is 19.4 Å². The summed E-state index contributed by atoms with van der Waals surface area (Å²) in [6, 6.07) is 6.86. The number of nitrogens with zero attached hydrogens (tertiary/aromatic N) is 2. The average Bonchev–Trinajstić information content (AvgIpc) is 3.02. The summed E-state index contributed by atoms with van der Waals surface area (Å²) < 4.78 is 6.88. The number of carboxylic acid groups (broad SMARTS) is 1. The second-order valence-electron chi connectivity index (χ2n) is 5.79. The van der Waals surface area contributed by atoms with Crippen LogP contribution in [0.5, 0.6) is 0 Å². The first-order chi connectivity index (χ1) is 12.1. The summed E-state index contributed by atoms with van der Waals surface area (Å²) in [5.41, 5.74) is 3.00. The first-order valence-electron chi connectivity index (χ1n) is 7.98. The first-order valence-corrected chi connectivity index (χ1v) is 7.98. The Morgan fingerprint density at radius 3 is 2.68 bits per heavy atom. The molecule has 0 atom stereocenters. The largest absolute Gasteiger partial charge is 0.478 e. The van der Waals surface area contributed by atoms with E-state index >= 15 is 0 Å². The number of hydrogen-bond acceptors (Lipinski definition) is 4. The fraction of sp³-hybridized carbons (Fsp3) is 0.278. The highest BCUT2D eigenvalue weighted by atomic mass is 16.5. The normalized spacial score (nSPS) is 14.0. The van der Waals surface area contributed by atoms with Gasteiger partial charge in [-0.15, -0.1) is 0 Å². The van der Waals surface area contributed by atoms with Gasteiger partial charge in [-0.05, 0) is 43.2 Å². The van der Waals surface area contributed by atoms with Crippen molar-refractivity contribution in [2.45, 2.75) is 13.3 Å². The summed E-state index contributed by atoms with van der Waals surface area (Å²) in [5, 5.41) is 16.1. The Morgan fingerprint density at radius 2 is 2.08 bits per heavy atom.